The maximum atomic E-state index is 4.30. The van der Waals surface area contributed by atoms with Crippen molar-refractivity contribution in [3.8, 4) is 0 Å². The van der Waals surface area contributed by atoms with Crippen molar-refractivity contribution in [1.29, 1.82) is 0 Å². The molecule has 0 bridgehead atoms. The van der Waals surface area contributed by atoms with Crippen molar-refractivity contribution in [1.82, 2.24) is 19.8 Å². The van der Waals surface area contributed by atoms with E-state index in [0.717, 1.165) is 25.6 Å². The Hall–Kier alpha value is -0.870. The van der Waals surface area contributed by atoms with Gasteiger partial charge in [-0.1, -0.05) is 6.92 Å². The molecule has 0 atom stereocenters. The summed E-state index contributed by atoms with van der Waals surface area (Å²) in [6.45, 7) is 14.7. The quantitative estimate of drug-likeness (QED) is 0.875. The van der Waals surface area contributed by atoms with E-state index in [2.05, 4.69) is 47.5 Å². The first-order chi connectivity index (χ1) is 9.98. The number of hydrogen-bond acceptors (Lipinski definition) is 3. The van der Waals surface area contributed by atoms with Crippen LogP contribution in [0, 0.1) is 5.92 Å². The van der Waals surface area contributed by atoms with E-state index in [-0.39, 0.29) is 5.54 Å². The molecule has 1 fully saturated rings. The summed E-state index contributed by atoms with van der Waals surface area (Å²) in [5.41, 5.74) is 1.60. The van der Waals surface area contributed by atoms with Gasteiger partial charge in [0, 0.05) is 24.8 Å². The topological polar surface area (TPSA) is 33.1 Å². The molecule has 4 nitrogen and oxygen atoms in total. The third-order valence-corrected chi connectivity index (χ3v) is 4.28. The van der Waals surface area contributed by atoms with Gasteiger partial charge in [0.1, 0.15) is 0 Å². The number of aromatic nitrogens is 2. The summed E-state index contributed by atoms with van der Waals surface area (Å²) in [5, 5.41) is 3.65. The minimum Gasteiger partial charge on any atom is -0.333 e. The van der Waals surface area contributed by atoms with E-state index in [4.69, 9.17) is 0 Å². The molecule has 1 aromatic heterocycles. The Bertz CT molecular complexity index is 411. The highest BCUT2D eigenvalue weighted by molar-refractivity contribution is 4.98. The van der Waals surface area contributed by atoms with Crippen LogP contribution < -0.4 is 5.32 Å². The van der Waals surface area contributed by atoms with Gasteiger partial charge in [-0.25, -0.2) is 4.98 Å². The van der Waals surface area contributed by atoms with Crippen LogP contribution >= 0.6 is 0 Å². The molecule has 1 aromatic rings. The van der Waals surface area contributed by atoms with Crippen molar-refractivity contribution in [3.05, 3.63) is 18.2 Å². The third kappa shape index (κ3) is 5.44. The predicted octanol–water partition coefficient (Wildman–Crippen LogP) is 2.89. The molecule has 0 amide bonds. The number of nitrogens with one attached hydrogen (secondary N) is 1. The van der Waals surface area contributed by atoms with E-state index in [1.807, 2.05) is 12.5 Å². The molecule has 0 aliphatic carbocycles. The lowest BCUT2D eigenvalue weighted by Crippen LogP contribution is -2.42. The molecule has 0 saturated carbocycles. The number of likely N-dealkylation sites (tertiary alicyclic amines) is 1. The maximum Gasteiger partial charge on any atom is 0.0948 e. The number of hydrogen-bond donors (Lipinski definition) is 1. The zero-order valence-corrected chi connectivity index (χ0v) is 14.2. The lowest BCUT2D eigenvalue weighted by atomic mass is 9.95. The average molecular weight is 292 g/mol. The van der Waals surface area contributed by atoms with E-state index in [1.165, 1.54) is 38.0 Å². The second kappa shape index (κ2) is 7.41. The summed E-state index contributed by atoms with van der Waals surface area (Å²) in [6, 6.07) is 0. The zero-order chi connectivity index (χ0) is 15.3. The smallest absolute Gasteiger partial charge is 0.0948 e. The highest BCUT2D eigenvalue weighted by Gasteiger charge is 2.21. The molecule has 0 spiro atoms. The highest BCUT2D eigenvalue weighted by atomic mass is 15.2. The fraction of sp³-hybridized carbons (Fsp3) is 0.824. The Morgan fingerprint density at radius 3 is 2.62 bits per heavy atom. The second-order valence-corrected chi connectivity index (χ2v) is 7.43. The van der Waals surface area contributed by atoms with Crippen LogP contribution in [0.1, 0.15) is 52.7 Å². The van der Waals surface area contributed by atoms with Crippen LogP contribution in [-0.4, -0.2) is 39.6 Å². The van der Waals surface area contributed by atoms with Crippen LogP contribution in [-0.2, 0) is 13.1 Å². The second-order valence-electron chi connectivity index (χ2n) is 7.43. The van der Waals surface area contributed by atoms with E-state index < -0.39 is 0 Å². The average Bonchev–Trinajstić information content (AvgIpc) is 2.85. The number of nitrogens with zero attached hydrogens (tertiary/aromatic N) is 3. The molecule has 21 heavy (non-hydrogen) atoms. The first-order valence-electron chi connectivity index (χ1n) is 8.44. The normalized spacial score (nSPS) is 18.3. The summed E-state index contributed by atoms with van der Waals surface area (Å²) in [5.74, 6) is 0.834. The number of rotatable bonds is 6. The zero-order valence-electron chi connectivity index (χ0n) is 14.2. The fourth-order valence-electron chi connectivity index (χ4n) is 2.95. The molecular weight excluding hydrogens is 260 g/mol. The van der Waals surface area contributed by atoms with Gasteiger partial charge >= 0.3 is 0 Å². The highest BCUT2D eigenvalue weighted by Crippen LogP contribution is 2.19. The summed E-state index contributed by atoms with van der Waals surface area (Å²) in [7, 11) is 0. The largest absolute Gasteiger partial charge is 0.333 e. The van der Waals surface area contributed by atoms with Gasteiger partial charge in [-0.15, -0.1) is 0 Å². The van der Waals surface area contributed by atoms with Gasteiger partial charge in [0.2, 0.25) is 0 Å². The number of aryl methyl sites for hydroxylation is 1. The van der Waals surface area contributed by atoms with Crippen LogP contribution in [0.5, 0.6) is 0 Å². The van der Waals surface area contributed by atoms with E-state index in [9.17, 15) is 0 Å². The van der Waals surface area contributed by atoms with E-state index >= 15 is 0 Å². The Labute approximate surface area is 129 Å². The Morgan fingerprint density at radius 2 is 2.00 bits per heavy atom. The van der Waals surface area contributed by atoms with Gasteiger partial charge < -0.3 is 9.88 Å². The van der Waals surface area contributed by atoms with Gasteiger partial charge in [-0.3, -0.25) is 4.90 Å². The molecule has 0 unspecified atom stereocenters. The van der Waals surface area contributed by atoms with Gasteiger partial charge in [-0.2, -0.15) is 0 Å². The first-order valence-corrected chi connectivity index (χ1v) is 8.44. The molecule has 4 heteroatoms. The predicted molar refractivity (Wildman–Crippen MR) is 88.3 cm³/mol. The van der Waals surface area contributed by atoms with Crippen molar-refractivity contribution in [3.63, 3.8) is 0 Å². The van der Waals surface area contributed by atoms with Crippen LogP contribution in [0.15, 0.2) is 12.5 Å². The van der Waals surface area contributed by atoms with E-state index in [0.29, 0.717) is 0 Å². The summed E-state index contributed by atoms with van der Waals surface area (Å²) in [6.07, 6.45) is 7.79. The number of imidazole rings is 1. The minimum atomic E-state index is 0.240. The molecule has 1 N–H and O–H groups in total. The Balaban J connectivity index is 1.75. The Morgan fingerprint density at radius 1 is 1.29 bits per heavy atom. The van der Waals surface area contributed by atoms with Crippen molar-refractivity contribution in [2.45, 2.75) is 65.6 Å². The van der Waals surface area contributed by atoms with Gasteiger partial charge in [0.25, 0.3) is 0 Å². The lowest BCUT2D eigenvalue weighted by Gasteiger charge is -2.33. The van der Waals surface area contributed by atoms with Gasteiger partial charge in [0.15, 0.2) is 0 Å². The standard InChI is InChI=1S/C17H32N4/c1-5-8-21-14-18-12-16(21)13-20-9-6-15(7-10-20)11-19-17(2,3)4/h12,14-15,19H,5-11,13H2,1-4H3. The number of piperidine rings is 1. The van der Waals surface area contributed by atoms with Crippen molar-refractivity contribution in [2.75, 3.05) is 19.6 Å². The first kappa shape index (κ1) is 16.5. The SMILES string of the molecule is CCCn1cncc1CN1CCC(CNC(C)(C)C)CC1. The molecule has 0 radical (unpaired) electrons. The van der Waals surface area contributed by atoms with E-state index in [1.54, 1.807) is 0 Å². The molecule has 2 heterocycles. The van der Waals surface area contributed by atoms with Gasteiger partial charge in [0.05, 0.1) is 12.0 Å². The van der Waals surface area contributed by atoms with Crippen LogP contribution in [0.4, 0.5) is 0 Å². The van der Waals surface area contributed by atoms with Gasteiger partial charge in [-0.05, 0) is 65.6 Å². The fourth-order valence-corrected chi connectivity index (χ4v) is 2.95. The third-order valence-electron chi connectivity index (χ3n) is 4.28. The molecule has 1 aliphatic rings. The maximum absolute atomic E-state index is 4.30. The van der Waals surface area contributed by atoms with Crippen LogP contribution in [0.3, 0.4) is 0 Å². The molecule has 1 aliphatic heterocycles. The molecule has 1 saturated heterocycles. The Kier molecular flexibility index (Phi) is 5.82. The van der Waals surface area contributed by atoms with Crippen molar-refractivity contribution in [2.24, 2.45) is 5.92 Å². The van der Waals surface area contributed by atoms with Crippen LogP contribution in [0.25, 0.3) is 0 Å². The van der Waals surface area contributed by atoms with Crippen molar-refractivity contribution >= 4 is 0 Å². The molecule has 120 valence electrons. The minimum absolute atomic E-state index is 0.240. The summed E-state index contributed by atoms with van der Waals surface area (Å²) in [4.78, 5) is 6.88. The van der Waals surface area contributed by atoms with Crippen LogP contribution in [0.2, 0.25) is 0 Å². The molecule has 2 rings (SSSR count). The lowest BCUT2D eigenvalue weighted by molar-refractivity contribution is 0.167. The summed E-state index contributed by atoms with van der Waals surface area (Å²) < 4.78 is 2.30. The molecule has 0 aromatic carbocycles. The van der Waals surface area contributed by atoms with Crippen molar-refractivity contribution < 1.29 is 0 Å². The summed E-state index contributed by atoms with van der Waals surface area (Å²) >= 11 is 0. The molecular formula is C17H32N4. The monoisotopic (exact) mass is 292 g/mol.